The number of fused-ring (bicyclic) bond motifs is 1. The molecule has 5 fully saturated rings. The summed E-state index contributed by atoms with van der Waals surface area (Å²) in [5, 5.41) is 2.62. The number of hydrogen-bond acceptors (Lipinski definition) is 2. The van der Waals surface area contributed by atoms with Crippen LogP contribution in [-0.2, 0) is 14.9 Å². The monoisotopic (exact) mass is 276 g/mol. The van der Waals surface area contributed by atoms with Crippen LogP contribution in [0.1, 0.15) is 12.0 Å². The van der Waals surface area contributed by atoms with Gasteiger partial charge in [-0.25, -0.2) is 0 Å². The highest BCUT2D eigenvalue weighted by Crippen LogP contribution is 3.04. The first kappa shape index (κ1) is 10.8. The van der Waals surface area contributed by atoms with E-state index < -0.39 is 0 Å². The van der Waals surface area contributed by atoms with Crippen LogP contribution in [0.2, 0.25) is 0 Å². The molecule has 0 N–H and O–H groups in total. The molecule has 2 aromatic rings. The van der Waals surface area contributed by atoms with E-state index in [4.69, 9.17) is 4.74 Å². The summed E-state index contributed by atoms with van der Waals surface area (Å²) in [7, 11) is 1.55. The summed E-state index contributed by atoms with van der Waals surface area (Å²) in [6, 6.07) is 15.2. The Morgan fingerprint density at radius 3 is 2.67 bits per heavy atom. The minimum atomic E-state index is -0.152. The smallest absolute Gasteiger partial charge is 0.313 e. The predicted molar refractivity (Wildman–Crippen MR) is 78.7 cm³/mol. The van der Waals surface area contributed by atoms with Gasteiger partial charge in [0.05, 0.1) is 12.5 Å². The van der Waals surface area contributed by atoms with Crippen LogP contribution >= 0.6 is 0 Å². The van der Waals surface area contributed by atoms with Crippen LogP contribution in [0.4, 0.5) is 0 Å². The van der Waals surface area contributed by atoms with E-state index in [1.54, 1.807) is 7.11 Å². The molecule has 6 atom stereocenters. The van der Waals surface area contributed by atoms with Gasteiger partial charge in [0.1, 0.15) is 0 Å². The lowest BCUT2D eigenvalue weighted by molar-refractivity contribution is -0.152. The van der Waals surface area contributed by atoms with E-state index in [1.807, 2.05) is 0 Å². The summed E-state index contributed by atoms with van der Waals surface area (Å²) >= 11 is 0. The molecule has 5 saturated carbocycles. The Balaban J connectivity index is 1.63. The summed E-state index contributed by atoms with van der Waals surface area (Å²) in [5.74, 6) is 2.79. The van der Waals surface area contributed by atoms with E-state index >= 15 is 0 Å². The Morgan fingerprint density at radius 2 is 1.90 bits per heavy atom. The molecular formula is C19H16O2. The number of carbonyl (C=O) groups is 1. The summed E-state index contributed by atoms with van der Waals surface area (Å²) in [5.41, 5.74) is 1.38. The number of carbonyl (C=O) groups excluding carboxylic acids is 1. The van der Waals surface area contributed by atoms with Gasteiger partial charge in [-0.15, -0.1) is 0 Å². The number of rotatable bonds is 2. The van der Waals surface area contributed by atoms with Crippen molar-refractivity contribution in [2.45, 2.75) is 11.8 Å². The van der Waals surface area contributed by atoms with E-state index in [-0.39, 0.29) is 16.8 Å². The highest BCUT2D eigenvalue weighted by atomic mass is 16.5. The van der Waals surface area contributed by atoms with Gasteiger partial charge in [-0.2, -0.15) is 0 Å². The van der Waals surface area contributed by atoms with Gasteiger partial charge < -0.3 is 4.74 Å². The topological polar surface area (TPSA) is 26.3 Å². The maximum atomic E-state index is 12.5. The number of hydrogen-bond donors (Lipinski definition) is 0. The third-order valence-electron chi connectivity index (χ3n) is 7.21. The van der Waals surface area contributed by atoms with Crippen molar-refractivity contribution in [3.8, 4) is 0 Å². The quantitative estimate of drug-likeness (QED) is 0.788. The average molecular weight is 276 g/mol. The zero-order chi connectivity index (χ0) is 14.0. The second kappa shape index (κ2) is 2.87. The molecule has 5 aliphatic carbocycles. The molecule has 5 aliphatic rings. The highest BCUT2D eigenvalue weighted by molar-refractivity contribution is 5.96. The number of methoxy groups -OCH3 is 1. The molecule has 6 unspecified atom stereocenters. The van der Waals surface area contributed by atoms with Crippen LogP contribution < -0.4 is 0 Å². The van der Waals surface area contributed by atoms with Gasteiger partial charge in [-0.3, -0.25) is 4.79 Å². The second-order valence-electron chi connectivity index (χ2n) is 7.26. The molecule has 104 valence electrons. The Kier molecular flexibility index (Phi) is 1.48. The molecule has 2 aromatic carbocycles. The largest absolute Gasteiger partial charge is 0.469 e. The van der Waals surface area contributed by atoms with Gasteiger partial charge >= 0.3 is 5.97 Å². The van der Waals surface area contributed by atoms with Crippen LogP contribution in [0.5, 0.6) is 0 Å². The Morgan fingerprint density at radius 1 is 1.10 bits per heavy atom. The molecule has 0 aliphatic heterocycles. The van der Waals surface area contributed by atoms with Crippen LogP contribution in [0, 0.1) is 29.1 Å². The van der Waals surface area contributed by atoms with Crippen LogP contribution in [0.3, 0.4) is 0 Å². The first-order chi connectivity index (χ1) is 10.3. The number of benzene rings is 2. The van der Waals surface area contributed by atoms with Gasteiger partial charge in [-0.1, -0.05) is 42.5 Å². The first-order valence-electron chi connectivity index (χ1n) is 7.86. The van der Waals surface area contributed by atoms with Crippen molar-refractivity contribution in [2.75, 3.05) is 7.11 Å². The molecule has 7 rings (SSSR count). The van der Waals surface area contributed by atoms with Gasteiger partial charge in [0.2, 0.25) is 0 Å². The minimum Gasteiger partial charge on any atom is -0.469 e. The lowest BCUT2D eigenvalue weighted by Gasteiger charge is -2.35. The third-order valence-corrected chi connectivity index (χ3v) is 7.21. The SMILES string of the molecule is COC(=O)C12C3CC4C(C31)C42c1cccc2ccccc12. The van der Waals surface area contributed by atoms with Crippen molar-refractivity contribution in [1.82, 2.24) is 0 Å². The lowest BCUT2D eigenvalue weighted by atomic mass is 9.67. The molecule has 21 heavy (non-hydrogen) atoms. The molecule has 0 radical (unpaired) electrons. The third kappa shape index (κ3) is 0.777. The number of ether oxygens (including phenoxy) is 1. The number of esters is 1. The van der Waals surface area contributed by atoms with E-state index in [0.29, 0.717) is 11.8 Å². The van der Waals surface area contributed by atoms with Crippen molar-refractivity contribution < 1.29 is 9.53 Å². The first-order valence-corrected chi connectivity index (χ1v) is 7.86. The van der Waals surface area contributed by atoms with Gasteiger partial charge in [-0.05, 0) is 46.4 Å². The average Bonchev–Trinajstić information content (AvgIpc) is 3.17. The molecule has 0 saturated heterocycles. The van der Waals surface area contributed by atoms with Crippen molar-refractivity contribution in [2.24, 2.45) is 29.1 Å². The van der Waals surface area contributed by atoms with Gasteiger partial charge in [0, 0.05) is 5.41 Å². The highest BCUT2D eigenvalue weighted by Gasteiger charge is 3.07. The fraction of sp³-hybridized carbons (Fsp3) is 0.421. The summed E-state index contributed by atoms with van der Waals surface area (Å²) in [6.45, 7) is 0. The van der Waals surface area contributed by atoms with Crippen molar-refractivity contribution in [3.63, 3.8) is 0 Å². The van der Waals surface area contributed by atoms with E-state index in [1.165, 1.54) is 22.8 Å². The zero-order valence-corrected chi connectivity index (χ0v) is 11.9. The van der Waals surface area contributed by atoms with Gasteiger partial charge in [0.25, 0.3) is 0 Å². The Hall–Kier alpha value is -1.83. The van der Waals surface area contributed by atoms with Crippen LogP contribution in [0.25, 0.3) is 10.8 Å². The van der Waals surface area contributed by atoms with Crippen molar-refractivity contribution >= 4 is 16.7 Å². The molecule has 2 nitrogen and oxygen atoms in total. The summed E-state index contributed by atoms with van der Waals surface area (Å²) in [6.07, 6.45) is 1.24. The summed E-state index contributed by atoms with van der Waals surface area (Å²) in [4.78, 5) is 12.5. The maximum Gasteiger partial charge on any atom is 0.313 e. The fourth-order valence-corrected chi connectivity index (χ4v) is 6.87. The normalized spacial score (nSPS) is 46.7. The standard InChI is InChI=1S/C19H16O2/c1-21-17(20)19-14-9-13-15(16(14)19)18(13,19)12-8-4-6-10-5-2-3-7-11(10)12/h2-8,13-16H,9H2,1H3. The van der Waals surface area contributed by atoms with Crippen LogP contribution in [0.15, 0.2) is 42.5 Å². The van der Waals surface area contributed by atoms with Gasteiger partial charge in [0.15, 0.2) is 0 Å². The molecule has 2 bridgehead atoms. The molecular weight excluding hydrogens is 260 g/mol. The fourth-order valence-electron chi connectivity index (χ4n) is 6.87. The van der Waals surface area contributed by atoms with E-state index in [0.717, 1.165) is 11.8 Å². The molecule has 2 heteroatoms. The van der Waals surface area contributed by atoms with E-state index in [9.17, 15) is 4.79 Å². The Labute approximate surface area is 123 Å². The van der Waals surface area contributed by atoms with E-state index in [2.05, 4.69) is 42.5 Å². The second-order valence-corrected chi connectivity index (χ2v) is 7.26. The molecule has 0 aromatic heterocycles. The van der Waals surface area contributed by atoms with Crippen molar-refractivity contribution in [3.05, 3.63) is 48.0 Å². The van der Waals surface area contributed by atoms with Crippen LogP contribution in [-0.4, -0.2) is 13.1 Å². The lowest BCUT2D eigenvalue weighted by Crippen LogP contribution is -2.42. The van der Waals surface area contributed by atoms with Crippen molar-refractivity contribution in [1.29, 1.82) is 0 Å². The molecule has 0 heterocycles. The molecule has 0 amide bonds. The molecule has 0 spiro atoms. The Bertz CT molecular complexity index is 823. The zero-order valence-electron chi connectivity index (χ0n) is 11.9. The maximum absolute atomic E-state index is 12.5. The minimum absolute atomic E-state index is 0.0571. The summed E-state index contributed by atoms with van der Waals surface area (Å²) < 4.78 is 5.21. The predicted octanol–water partition coefficient (Wildman–Crippen LogP) is 3.15.